The third kappa shape index (κ3) is 4.37. The maximum Gasteiger partial charge on any atom is 0.525 e. The van der Waals surface area contributed by atoms with Crippen LogP contribution in [0, 0.1) is 0 Å². The molecule has 0 bridgehead atoms. The van der Waals surface area contributed by atoms with E-state index >= 15 is 0 Å². The molecule has 0 aromatic heterocycles. The molecule has 0 N–H and O–H groups in total. The smallest absolute Gasteiger partial charge is 0.254 e. The molecule has 1 nitrogen and oxygen atoms in total. The highest BCUT2D eigenvalue weighted by molar-refractivity contribution is 4.62. The van der Waals surface area contributed by atoms with Crippen LogP contribution >= 0.6 is 0 Å². The summed E-state index contributed by atoms with van der Waals surface area (Å²) >= 11 is 0. The van der Waals surface area contributed by atoms with Gasteiger partial charge in [-0.25, -0.2) is 17.6 Å². The molecule has 0 aromatic carbocycles. The molecule has 2 unspecified atom stereocenters. The van der Waals surface area contributed by atoms with Gasteiger partial charge in [-0.15, -0.1) is 13.2 Å². The van der Waals surface area contributed by atoms with E-state index in [0.717, 1.165) is 0 Å². The van der Waals surface area contributed by atoms with Crippen molar-refractivity contribution < 1.29 is 35.5 Å². The number of alkyl halides is 7. The fourth-order valence-corrected chi connectivity index (χ4v) is 0.307. The molecule has 0 aliphatic heterocycles. The van der Waals surface area contributed by atoms with Gasteiger partial charge in [-0.1, -0.05) is 0 Å². The average molecular weight is 200 g/mol. The van der Waals surface area contributed by atoms with E-state index in [1.807, 2.05) is 0 Å². The molecule has 0 aliphatic rings. The first-order valence-electron chi connectivity index (χ1n) is 2.55. The Morgan fingerprint density at radius 2 is 1.33 bits per heavy atom. The second-order valence-electron chi connectivity index (χ2n) is 1.69. The van der Waals surface area contributed by atoms with Gasteiger partial charge in [-0.05, 0) is 0 Å². The number of hydrogen-bond donors (Lipinski definition) is 0. The van der Waals surface area contributed by atoms with E-state index in [2.05, 4.69) is 4.74 Å². The summed E-state index contributed by atoms with van der Waals surface area (Å²) in [6.07, 6.45) is -16.6. The Hall–Kier alpha value is -0.530. The fourth-order valence-electron chi connectivity index (χ4n) is 0.307. The zero-order valence-corrected chi connectivity index (χ0v) is 5.29. The molecular weight excluding hydrogens is 197 g/mol. The Kier molecular flexibility index (Phi) is 3.75. The molecule has 0 saturated carbocycles. The summed E-state index contributed by atoms with van der Waals surface area (Å²) in [5.74, 6) is 0. The molecule has 0 radical (unpaired) electrons. The largest absolute Gasteiger partial charge is 0.525 e. The van der Waals surface area contributed by atoms with E-state index in [1.54, 1.807) is 0 Å². The molecule has 2 atom stereocenters. The van der Waals surface area contributed by atoms with Gasteiger partial charge in [0.1, 0.15) is 0 Å². The van der Waals surface area contributed by atoms with Crippen molar-refractivity contribution in [3.05, 3.63) is 0 Å². The maximum absolute atomic E-state index is 11.7. The number of rotatable bonds is 3. The first-order valence-corrected chi connectivity index (χ1v) is 2.55. The summed E-state index contributed by atoms with van der Waals surface area (Å²) in [4.78, 5) is 0. The van der Waals surface area contributed by atoms with Crippen LogP contribution in [0.3, 0.4) is 0 Å². The predicted molar refractivity (Wildman–Crippen MR) is 22.9 cm³/mol. The van der Waals surface area contributed by atoms with Crippen LogP contribution in [0.15, 0.2) is 0 Å². The quantitative estimate of drug-likeness (QED) is 0.635. The molecule has 0 amide bonds. The minimum atomic E-state index is -5.46. The SMILES string of the molecule is FC(F)C(F)C(F)OC(F)(F)F. The molecule has 0 fully saturated rings. The van der Waals surface area contributed by atoms with E-state index in [9.17, 15) is 30.7 Å². The lowest BCUT2D eigenvalue weighted by atomic mass is 10.4. The molecule has 8 heteroatoms. The van der Waals surface area contributed by atoms with Crippen LogP contribution < -0.4 is 0 Å². The van der Waals surface area contributed by atoms with Crippen LogP contribution in [0.4, 0.5) is 30.7 Å². The summed E-state index contributed by atoms with van der Waals surface area (Å²) < 4.78 is 81.3. The Morgan fingerprint density at radius 3 is 1.58 bits per heavy atom. The predicted octanol–water partition coefficient (Wildman–Crippen LogP) is 2.42. The van der Waals surface area contributed by atoms with Crippen LogP contribution in [-0.4, -0.2) is 25.3 Å². The fraction of sp³-hybridized carbons (Fsp3) is 1.00. The zero-order valence-electron chi connectivity index (χ0n) is 5.29. The molecule has 0 heterocycles. The van der Waals surface area contributed by atoms with Gasteiger partial charge in [0.2, 0.25) is 12.5 Å². The Labute approximate surface area is 62.1 Å². The van der Waals surface area contributed by atoms with Crippen molar-refractivity contribution in [2.24, 2.45) is 0 Å². The molecule has 0 rings (SSSR count). The summed E-state index contributed by atoms with van der Waals surface area (Å²) in [6.45, 7) is 0. The topological polar surface area (TPSA) is 9.23 Å². The molecule has 0 spiro atoms. The van der Waals surface area contributed by atoms with Crippen LogP contribution in [0.5, 0.6) is 0 Å². The molecule has 0 aromatic rings. The first-order chi connectivity index (χ1) is 5.24. The molecular formula is C4H3F7O. The monoisotopic (exact) mass is 200 g/mol. The van der Waals surface area contributed by atoms with Gasteiger partial charge in [-0.2, -0.15) is 0 Å². The average Bonchev–Trinajstić information content (AvgIpc) is 1.82. The van der Waals surface area contributed by atoms with Crippen molar-refractivity contribution in [1.82, 2.24) is 0 Å². The van der Waals surface area contributed by atoms with E-state index in [0.29, 0.717) is 0 Å². The minimum absolute atomic E-state index is 2.34. The third-order valence-electron chi connectivity index (χ3n) is 0.737. The summed E-state index contributed by atoms with van der Waals surface area (Å²) in [7, 11) is 0. The van der Waals surface area contributed by atoms with Crippen molar-refractivity contribution in [3.8, 4) is 0 Å². The van der Waals surface area contributed by atoms with Gasteiger partial charge < -0.3 is 0 Å². The highest BCUT2D eigenvalue weighted by Crippen LogP contribution is 2.24. The van der Waals surface area contributed by atoms with Crippen molar-refractivity contribution in [2.45, 2.75) is 25.3 Å². The lowest BCUT2D eigenvalue weighted by Gasteiger charge is -2.14. The van der Waals surface area contributed by atoms with E-state index in [4.69, 9.17) is 0 Å². The Bertz CT molecular complexity index is 132. The van der Waals surface area contributed by atoms with E-state index in [1.165, 1.54) is 0 Å². The molecule has 0 saturated heterocycles. The van der Waals surface area contributed by atoms with E-state index < -0.39 is 25.3 Å². The lowest BCUT2D eigenvalue weighted by Crippen LogP contribution is -2.32. The molecule has 12 heavy (non-hydrogen) atoms. The van der Waals surface area contributed by atoms with Gasteiger partial charge in [0.05, 0.1) is 0 Å². The van der Waals surface area contributed by atoms with Gasteiger partial charge in [-0.3, -0.25) is 4.74 Å². The highest BCUT2D eigenvalue weighted by Gasteiger charge is 2.40. The normalized spacial score (nSPS) is 18.0. The second-order valence-corrected chi connectivity index (χ2v) is 1.69. The van der Waals surface area contributed by atoms with Crippen molar-refractivity contribution in [2.75, 3.05) is 0 Å². The summed E-state index contributed by atoms with van der Waals surface area (Å²) in [6, 6.07) is 0. The number of halogens is 7. The van der Waals surface area contributed by atoms with Crippen LogP contribution in [-0.2, 0) is 4.74 Å². The van der Waals surface area contributed by atoms with Gasteiger partial charge in [0.25, 0.3) is 6.43 Å². The van der Waals surface area contributed by atoms with Gasteiger partial charge in [0.15, 0.2) is 0 Å². The third-order valence-corrected chi connectivity index (χ3v) is 0.737. The second kappa shape index (κ2) is 3.92. The first kappa shape index (κ1) is 11.5. The maximum atomic E-state index is 11.7. The van der Waals surface area contributed by atoms with E-state index in [-0.39, 0.29) is 0 Å². The number of ether oxygens (including phenoxy) is 1. The Morgan fingerprint density at radius 1 is 0.917 bits per heavy atom. The lowest BCUT2D eigenvalue weighted by molar-refractivity contribution is -0.370. The molecule has 74 valence electrons. The van der Waals surface area contributed by atoms with Gasteiger partial charge >= 0.3 is 6.36 Å². The minimum Gasteiger partial charge on any atom is -0.254 e. The highest BCUT2D eigenvalue weighted by atomic mass is 19.4. The van der Waals surface area contributed by atoms with Gasteiger partial charge in [0, 0.05) is 0 Å². The summed E-state index contributed by atoms with van der Waals surface area (Å²) in [5, 5.41) is 0. The van der Waals surface area contributed by atoms with Crippen molar-refractivity contribution >= 4 is 0 Å². The van der Waals surface area contributed by atoms with Crippen molar-refractivity contribution in [1.29, 1.82) is 0 Å². The zero-order chi connectivity index (χ0) is 9.94. The Balaban J connectivity index is 3.95. The summed E-state index contributed by atoms with van der Waals surface area (Å²) in [5.41, 5.74) is 0. The molecule has 0 aliphatic carbocycles. The number of hydrogen-bond acceptors (Lipinski definition) is 1. The van der Waals surface area contributed by atoms with Crippen LogP contribution in [0.2, 0.25) is 0 Å². The van der Waals surface area contributed by atoms with Crippen LogP contribution in [0.25, 0.3) is 0 Å². The van der Waals surface area contributed by atoms with Crippen LogP contribution in [0.1, 0.15) is 0 Å². The standard InChI is InChI=1S/C4H3F7O/c5-1(2(6)7)3(8)12-4(9,10)11/h1-3H. The van der Waals surface area contributed by atoms with Crippen molar-refractivity contribution in [3.63, 3.8) is 0 Å².